The lowest BCUT2D eigenvalue weighted by Gasteiger charge is -2.41. The van der Waals surface area contributed by atoms with Crippen LogP contribution in [-0.2, 0) is 9.31 Å². The number of allylic oxidation sites excluding steroid dienone is 2. The van der Waals surface area contributed by atoms with Crippen molar-refractivity contribution in [2.45, 2.75) is 27.7 Å². The van der Waals surface area contributed by atoms with Crippen LogP contribution in [0.5, 0.6) is 0 Å². The molecule has 146 valence electrons. The van der Waals surface area contributed by atoms with Gasteiger partial charge < -0.3 is 29.7 Å². The molecule has 2 aromatic rings. The first kappa shape index (κ1) is 18.6. The molecule has 0 radical (unpaired) electrons. The maximum absolute atomic E-state index is 6.16. The maximum Gasteiger partial charge on any atom is 0.665 e. The molecule has 0 spiro atoms. The molecular weight excluding hydrogens is 351 g/mol. The van der Waals surface area contributed by atoms with E-state index in [2.05, 4.69) is 48.8 Å². The third-order valence-electron chi connectivity index (χ3n) is 5.96. The van der Waals surface area contributed by atoms with Crippen LogP contribution in [0.1, 0.15) is 36.4 Å². The second-order valence-corrected chi connectivity index (χ2v) is 7.70. The van der Waals surface area contributed by atoms with E-state index in [0.717, 1.165) is 45.1 Å². The van der Waals surface area contributed by atoms with Crippen molar-refractivity contribution in [3.8, 4) is 0 Å². The summed E-state index contributed by atoms with van der Waals surface area (Å²) in [5.74, 6) is 0. The van der Waals surface area contributed by atoms with Gasteiger partial charge in [-0.15, -0.1) is 0 Å². The smallest absolute Gasteiger partial charge is 0.486 e. The van der Waals surface area contributed by atoms with Gasteiger partial charge in [0.05, 0.1) is 16.9 Å². The number of benzene rings is 1. The van der Waals surface area contributed by atoms with Gasteiger partial charge in [0.25, 0.3) is 0 Å². The van der Waals surface area contributed by atoms with Gasteiger partial charge in [-0.05, 0) is 70.0 Å². The first-order chi connectivity index (χ1) is 13.3. The van der Waals surface area contributed by atoms with E-state index >= 15 is 0 Å². The molecule has 0 unspecified atom stereocenters. The quantitative estimate of drug-likeness (QED) is 0.636. The Bertz CT molecular complexity index is 1100. The van der Waals surface area contributed by atoms with Crippen LogP contribution in [-0.4, -0.2) is 35.7 Å². The minimum atomic E-state index is -1.93. The Morgan fingerprint density at radius 1 is 0.964 bits per heavy atom. The molecule has 0 saturated heterocycles. The van der Waals surface area contributed by atoms with E-state index in [4.69, 9.17) is 20.8 Å². The van der Waals surface area contributed by atoms with Crippen LogP contribution < -0.4 is 11.5 Å². The molecule has 6 nitrogen and oxygen atoms in total. The van der Waals surface area contributed by atoms with Gasteiger partial charge in [-0.1, -0.05) is 6.07 Å². The number of nitrogens with zero attached hydrogens (tertiary/aromatic N) is 2. The van der Waals surface area contributed by atoms with E-state index in [0.29, 0.717) is 11.4 Å². The Morgan fingerprint density at radius 3 is 2.25 bits per heavy atom. The molecule has 0 bridgehead atoms. The highest BCUT2D eigenvalue weighted by Crippen LogP contribution is 2.44. The Hall–Kier alpha value is -2.77. The highest BCUT2D eigenvalue weighted by atomic mass is 16.6. The van der Waals surface area contributed by atoms with Gasteiger partial charge in [0.1, 0.15) is 5.71 Å². The van der Waals surface area contributed by atoms with Crippen molar-refractivity contribution in [3.63, 3.8) is 0 Å². The molecule has 28 heavy (non-hydrogen) atoms. The third-order valence-corrected chi connectivity index (χ3v) is 5.96. The van der Waals surface area contributed by atoms with Crippen LogP contribution in [0.25, 0.3) is 5.57 Å². The lowest BCUT2D eigenvalue weighted by molar-refractivity contribution is -0.382. The van der Waals surface area contributed by atoms with E-state index in [1.165, 1.54) is 0 Å². The van der Waals surface area contributed by atoms with Crippen LogP contribution in [0.15, 0.2) is 41.6 Å². The average Bonchev–Trinajstić information content (AvgIpc) is 3.13. The summed E-state index contributed by atoms with van der Waals surface area (Å²) in [5.41, 5.74) is 22.1. The summed E-state index contributed by atoms with van der Waals surface area (Å²) < 4.78 is 16.6. The molecule has 4 rings (SSSR count). The van der Waals surface area contributed by atoms with Gasteiger partial charge in [0.2, 0.25) is 0 Å². The van der Waals surface area contributed by atoms with Crippen molar-refractivity contribution in [2.24, 2.45) is 0 Å². The number of hydrogen-bond acceptors (Lipinski definition) is 4. The van der Waals surface area contributed by atoms with Gasteiger partial charge in [-0.2, -0.15) is 0 Å². The number of aryl methyl sites for hydroxylation is 2. The van der Waals surface area contributed by atoms with Crippen molar-refractivity contribution >= 4 is 29.5 Å². The van der Waals surface area contributed by atoms with Gasteiger partial charge >= 0.3 is 6.82 Å². The zero-order valence-electron chi connectivity index (χ0n) is 17.3. The molecule has 7 heteroatoms. The fourth-order valence-corrected chi connectivity index (χ4v) is 4.86. The fourth-order valence-electron chi connectivity index (χ4n) is 4.86. The van der Waals surface area contributed by atoms with Gasteiger partial charge in [-0.3, -0.25) is 0 Å². The van der Waals surface area contributed by atoms with E-state index in [1.807, 2.05) is 18.2 Å². The average molecular weight is 378 g/mol. The summed E-state index contributed by atoms with van der Waals surface area (Å²) in [6.07, 6.45) is 2.17. The normalized spacial score (nSPS) is 17.7. The van der Waals surface area contributed by atoms with Gasteiger partial charge in [-0.25, -0.2) is 0 Å². The number of nitrogens with two attached hydrogens (primary N) is 2. The number of fused-ring (bicyclic) bond motifs is 2. The Labute approximate surface area is 165 Å². The number of rotatable bonds is 3. The predicted octanol–water partition coefficient (Wildman–Crippen LogP) is 3.05. The van der Waals surface area contributed by atoms with Crippen LogP contribution in [0.2, 0.25) is 0 Å². The molecule has 0 atom stereocenters. The summed E-state index contributed by atoms with van der Waals surface area (Å²) in [6, 6.07) is 8.01. The summed E-state index contributed by atoms with van der Waals surface area (Å²) in [5, 5.41) is 0. The molecule has 0 amide bonds. The molecule has 0 saturated carbocycles. The summed E-state index contributed by atoms with van der Waals surface area (Å²) in [7, 11) is 3.40. The molecule has 1 aromatic heterocycles. The standard InChI is InChI=1S/C21H27BN4O2/c1-12-9-14(3)25-20(12)19(16-7-8-17(23)18(24)11-16)21-13(2)10-15(4)26(21)22(25,27-5)28-6/h7-11H,23-24H2,1-6H3. The van der Waals surface area contributed by atoms with E-state index < -0.39 is 6.82 Å². The summed E-state index contributed by atoms with van der Waals surface area (Å²) in [4.78, 5) is 0. The number of nitrogen functional groups attached to an aromatic ring is 2. The predicted molar refractivity (Wildman–Crippen MR) is 115 cm³/mol. The zero-order valence-corrected chi connectivity index (χ0v) is 17.3. The number of anilines is 2. The first-order valence-electron chi connectivity index (χ1n) is 9.42. The second kappa shape index (κ2) is 6.12. The van der Waals surface area contributed by atoms with Crippen LogP contribution in [0.4, 0.5) is 11.4 Å². The Balaban J connectivity index is 2.19. The van der Waals surface area contributed by atoms with Crippen molar-refractivity contribution < 1.29 is 13.8 Å². The minimum Gasteiger partial charge on any atom is -0.486 e. The van der Waals surface area contributed by atoms with Gasteiger partial charge in [0, 0.05) is 24.3 Å². The van der Waals surface area contributed by atoms with Crippen molar-refractivity contribution in [2.75, 3.05) is 25.7 Å². The van der Waals surface area contributed by atoms with Crippen LogP contribution in [0.3, 0.4) is 0 Å². The lowest BCUT2D eigenvalue weighted by Crippen LogP contribution is -2.61. The third kappa shape index (κ3) is 2.20. The highest BCUT2D eigenvalue weighted by Gasteiger charge is 2.55. The molecule has 2 aliphatic rings. The SMILES string of the molecule is CO[B-]1(OC)n2c(C)cc(C)c2C(c2ccc(N)c(N)c2)=C2C(C)=CC(C)=[N+]21. The molecular formula is C21H27BN4O2. The van der Waals surface area contributed by atoms with Crippen molar-refractivity contribution in [1.29, 1.82) is 0 Å². The highest BCUT2D eigenvalue weighted by molar-refractivity contribution is 6.59. The molecule has 0 aliphatic carbocycles. The monoisotopic (exact) mass is 378 g/mol. The summed E-state index contributed by atoms with van der Waals surface area (Å²) in [6.45, 7) is 6.46. The Morgan fingerprint density at radius 2 is 1.64 bits per heavy atom. The maximum atomic E-state index is 6.16. The van der Waals surface area contributed by atoms with Crippen molar-refractivity contribution in [3.05, 3.63) is 64.1 Å². The summed E-state index contributed by atoms with van der Waals surface area (Å²) >= 11 is 0. The second-order valence-electron chi connectivity index (χ2n) is 7.70. The topological polar surface area (TPSA) is 78.4 Å². The van der Waals surface area contributed by atoms with E-state index in [-0.39, 0.29) is 0 Å². The van der Waals surface area contributed by atoms with E-state index in [9.17, 15) is 0 Å². The number of hydrogen-bond donors (Lipinski definition) is 2. The Kier molecular flexibility index (Phi) is 4.06. The van der Waals surface area contributed by atoms with Gasteiger partial charge in [0.15, 0.2) is 5.70 Å². The molecule has 1 aromatic carbocycles. The molecule has 4 N–H and O–H groups in total. The molecule has 0 fully saturated rings. The molecule has 2 aliphatic heterocycles. The van der Waals surface area contributed by atoms with Crippen LogP contribution in [0, 0.1) is 13.8 Å². The minimum absolute atomic E-state index is 0.575. The number of aromatic nitrogens is 1. The fraction of sp³-hybridized carbons (Fsp3) is 0.286. The lowest BCUT2D eigenvalue weighted by atomic mass is 9.78. The first-order valence-corrected chi connectivity index (χ1v) is 9.42. The largest absolute Gasteiger partial charge is 0.665 e. The van der Waals surface area contributed by atoms with Crippen LogP contribution >= 0.6 is 0 Å². The van der Waals surface area contributed by atoms with Crippen molar-refractivity contribution in [1.82, 2.24) is 4.48 Å². The van der Waals surface area contributed by atoms with E-state index in [1.54, 1.807) is 14.2 Å². The zero-order chi connectivity index (χ0) is 20.4. The molecule has 3 heterocycles.